The van der Waals surface area contributed by atoms with Crippen LogP contribution in [0.5, 0.6) is 0 Å². The summed E-state index contributed by atoms with van der Waals surface area (Å²) >= 11 is 0. The second-order valence-electron chi connectivity index (χ2n) is 4.39. The molecule has 1 aromatic carbocycles. The molecule has 0 amide bonds. The lowest BCUT2D eigenvalue weighted by Crippen LogP contribution is -2.13. The van der Waals surface area contributed by atoms with Crippen LogP contribution < -0.4 is 5.32 Å². The van der Waals surface area contributed by atoms with Crippen LogP contribution in [0.3, 0.4) is 0 Å². The Morgan fingerprint density at radius 2 is 1.78 bits per heavy atom. The van der Waals surface area contributed by atoms with Gasteiger partial charge < -0.3 is 10.1 Å². The number of hydrogen-bond donors (Lipinski definition) is 1. The highest BCUT2D eigenvalue weighted by Crippen LogP contribution is 2.12. The molecular weight excluding hydrogens is 226 g/mol. The van der Waals surface area contributed by atoms with Crippen molar-refractivity contribution in [1.82, 2.24) is 0 Å². The van der Waals surface area contributed by atoms with Crippen molar-refractivity contribution in [3.8, 4) is 0 Å². The number of carbonyl (C=O) groups excluding carboxylic acids is 1. The molecule has 0 atom stereocenters. The van der Waals surface area contributed by atoms with E-state index in [4.69, 9.17) is 4.74 Å². The van der Waals surface area contributed by atoms with Crippen LogP contribution in [0.2, 0.25) is 0 Å². The quantitative estimate of drug-likeness (QED) is 0.749. The molecular formula is C15H23NO2. The Morgan fingerprint density at radius 1 is 1.17 bits per heavy atom. The van der Waals surface area contributed by atoms with E-state index in [0.29, 0.717) is 18.1 Å². The molecule has 1 rings (SSSR count). The standard InChI is InChI=1S/C15H23NO2/c1-4-12(5-2)11-18-15(17)13-7-9-14(10-8-13)16-6-3/h7-10,12,16H,4-6,11H2,1-3H3. The number of rotatable bonds is 7. The van der Waals surface area contributed by atoms with E-state index >= 15 is 0 Å². The zero-order valence-electron chi connectivity index (χ0n) is 11.5. The van der Waals surface area contributed by atoms with Crippen LogP contribution >= 0.6 is 0 Å². The molecule has 0 bridgehead atoms. The third kappa shape index (κ3) is 4.40. The Kier molecular flexibility index (Phi) is 6.26. The molecule has 3 heteroatoms. The second-order valence-corrected chi connectivity index (χ2v) is 4.39. The lowest BCUT2D eigenvalue weighted by atomic mass is 10.1. The Morgan fingerprint density at radius 3 is 2.28 bits per heavy atom. The van der Waals surface area contributed by atoms with Crippen LogP contribution in [-0.4, -0.2) is 19.1 Å². The fraction of sp³-hybridized carbons (Fsp3) is 0.533. The summed E-state index contributed by atoms with van der Waals surface area (Å²) in [6, 6.07) is 7.40. The van der Waals surface area contributed by atoms with Gasteiger partial charge in [-0.2, -0.15) is 0 Å². The smallest absolute Gasteiger partial charge is 0.338 e. The maximum Gasteiger partial charge on any atom is 0.338 e. The van der Waals surface area contributed by atoms with Gasteiger partial charge in [0.15, 0.2) is 0 Å². The minimum absolute atomic E-state index is 0.232. The number of anilines is 1. The van der Waals surface area contributed by atoms with E-state index in [0.717, 1.165) is 25.1 Å². The van der Waals surface area contributed by atoms with Gasteiger partial charge in [0.1, 0.15) is 0 Å². The first kappa shape index (κ1) is 14.6. The van der Waals surface area contributed by atoms with Gasteiger partial charge in [-0.1, -0.05) is 26.7 Å². The maximum absolute atomic E-state index is 11.8. The molecule has 0 aromatic heterocycles. The normalized spacial score (nSPS) is 10.4. The Balaban J connectivity index is 2.51. The number of benzene rings is 1. The van der Waals surface area contributed by atoms with Crippen LogP contribution in [0, 0.1) is 5.92 Å². The highest BCUT2D eigenvalue weighted by atomic mass is 16.5. The van der Waals surface area contributed by atoms with Gasteiger partial charge in [0.25, 0.3) is 0 Å². The third-order valence-corrected chi connectivity index (χ3v) is 3.11. The molecule has 0 spiro atoms. The van der Waals surface area contributed by atoms with Crippen molar-refractivity contribution in [1.29, 1.82) is 0 Å². The van der Waals surface area contributed by atoms with E-state index in [1.807, 2.05) is 19.1 Å². The summed E-state index contributed by atoms with van der Waals surface area (Å²) in [5.74, 6) is 0.236. The molecule has 0 aliphatic carbocycles. The van der Waals surface area contributed by atoms with Crippen molar-refractivity contribution >= 4 is 11.7 Å². The Bertz CT molecular complexity index is 355. The summed E-state index contributed by atoms with van der Waals surface area (Å²) in [4.78, 5) is 11.8. The number of hydrogen-bond acceptors (Lipinski definition) is 3. The maximum atomic E-state index is 11.8. The van der Waals surface area contributed by atoms with Crippen LogP contribution in [0.4, 0.5) is 5.69 Å². The molecule has 100 valence electrons. The van der Waals surface area contributed by atoms with E-state index in [-0.39, 0.29) is 5.97 Å². The van der Waals surface area contributed by atoms with Crippen molar-refractivity contribution in [2.75, 3.05) is 18.5 Å². The van der Waals surface area contributed by atoms with Gasteiger partial charge in [-0.3, -0.25) is 0 Å². The van der Waals surface area contributed by atoms with Crippen LogP contribution in [0.25, 0.3) is 0 Å². The van der Waals surface area contributed by atoms with E-state index in [1.165, 1.54) is 0 Å². The molecule has 0 unspecified atom stereocenters. The largest absolute Gasteiger partial charge is 0.462 e. The van der Waals surface area contributed by atoms with E-state index in [1.54, 1.807) is 12.1 Å². The molecule has 3 nitrogen and oxygen atoms in total. The lowest BCUT2D eigenvalue weighted by molar-refractivity contribution is 0.0433. The summed E-state index contributed by atoms with van der Waals surface area (Å²) < 4.78 is 5.31. The Hall–Kier alpha value is -1.51. The minimum atomic E-state index is -0.232. The van der Waals surface area contributed by atoms with Gasteiger partial charge in [0, 0.05) is 12.2 Å². The molecule has 0 saturated heterocycles. The molecule has 0 fully saturated rings. The number of esters is 1. The van der Waals surface area contributed by atoms with Crippen molar-refractivity contribution in [3.63, 3.8) is 0 Å². The van der Waals surface area contributed by atoms with Gasteiger partial charge in [-0.25, -0.2) is 4.79 Å². The van der Waals surface area contributed by atoms with Crippen LogP contribution in [0.1, 0.15) is 44.0 Å². The number of nitrogens with one attached hydrogen (secondary N) is 1. The molecule has 0 aliphatic rings. The van der Waals surface area contributed by atoms with Gasteiger partial charge in [-0.05, 0) is 37.1 Å². The summed E-state index contributed by atoms with van der Waals surface area (Å²) in [5.41, 5.74) is 1.64. The molecule has 0 aliphatic heterocycles. The van der Waals surface area contributed by atoms with Crippen molar-refractivity contribution < 1.29 is 9.53 Å². The number of carbonyl (C=O) groups is 1. The third-order valence-electron chi connectivity index (χ3n) is 3.11. The van der Waals surface area contributed by atoms with E-state index < -0.39 is 0 Å². The second kappa shape index (κ2) is 7.75. The summed E-state index contributed by atoms with van der Waals surface area (Å²) in [6.07, 6.45) is 2.09. The van der Waals surface area contributed by atoms with Crippen LogP contribution in [-0.2, 0) is 4.74 Å². The summed E-state index contributed by atoms with van der Waals surface area (Å²) in [5, 5.41) is 3.19. The molecule has 1 N–H and O–H groups in total. The van der Waals surface area contributed by atoms with E-state index in [9.17, 15) is 4.79 Å². The van der Waals surface area contributed by atoms with Gasteiger partial charge in [0.05, 0.1) is 12.2 Å². The zero-order chi connectivity index (χ0) is 13.4. The van der Waals surface area contributed by atoms with Crippen molar-refractivity contribution in [2.45, 2.75) is 33.6 Å². The average Bonchev–Trinajstić information content (AvgIpc) is 2.41. The Labute approximate surface area is 110 Å². The van der Waals surface area contributed by atoms with E-state index in [2.05, 4.69) is 19.2 Å². The first-order valence-corrected chi connectivity index (χ1v) is 6.72. The molecule has 1 aromatic rings. The van der Waals surface area contributed by atoms with Crippen molar-refractivity contribution in [3.05, 3.63) is 29.8 Å². The van der Waals surface area contributed by atoms with Gasteiger partial charge in [0.2, 0.25) is 0 Å². The fourth-order valence-electron chi connectivity index (χ4n) is 1.73. The number of ether oxygens (including phenoxy) is 1. The lowest BCUT2D eigenvalue weighted by Gasteiger charge is -2.12. The minimum Gasteiger partial charge on any atom is -0.462 e. The average molecular weight is 249 g/mol. The highest BCUT2D eigenvalue weighted by Gasteiger charge is 2.10. The van der Waals surface area contributed by atoms with Gasteiger partial charge in [-0.15, -0.1) is 0 Å². The SMILES string of the molecule is CCNc1ccc(C(=O)OCC(CC)CC)cc1. The summed E-state index contributed by atoms with van der Waals surface area (Å²) in [6.45, 7) is 7.66. The molecule has 0 radical (unpaired) electrons. The zero-order valence-corrected chi connectivity index (χ0v) is 11.5. The summed E-state index contributed by atoms with van der Waals surface area (Å²) in [7, 11) is 0. The van der Waals surface area contributed by atoms with Gasteiger partial charge >= 0.3 is 5.97 Å². The first-order valence-electron chi connectivity index (χ1n) is 6.72. The highest BCUT2D eigenvalue weighted by molar-refractivity contribution is 5.89. The predicted octanol–water partition coefficient (Wildman–Crippen LogP) is 3.71. The first-order chi connectivity index (χ1) is 8.71. The molecule has 0 heterocycles. The van der Waals surface area contributed by atoms with Crippen molar-refractivity contribution in [2.24, 2.45) is 5.92 Å². The van der Waals surface area contributed by atoms with Crippen LogP contribution in [0.15, 0.2) is 24.3 Å². The molecule has 18 heavy (non-hydrogen) atoms. The molecule has 0 saturated carbocycles. The fourth-order valence-corrected chi connectivity index (χ4v) is 1.73. The monoisotopic (exact) mass is 249 g/mol. The topological polar surface area (TPSA) is 38.3 Å². The predicted molar refractivity (Wildman–Crippen MR) is 75.0 cm³/mol.